The Balaban J connectivity index is 2.00. The van der Waals surface area contributed by atoms with Gasteiger partial charge in [-0.05, 0) is 37.5 Å². The molecule has 0 saturated heterocycles. The molecule has 0 bridgehead atoms. The van der Waals surface area contributed by atoms with Gasteiger partial charge < -0.3 is 5.32 Å². The van der Waals surface area contributed by atoms with Gasteiger partial charge in [-0.2, -0.15) is 10.4 Å². The first-order valence-corrected chi connectivity index (χ1v) is 8.19. The molecule has 5 heteroatoms. The Morgan fingerprint density at radius 3 is 2.79 bits per heavy atom. The Bertz CT molecular complexity index is 768. The van der Waals surface area contributed by atoms with Gasteiger partial charge in [-0.1, -0.05) is 26.0 Å². The van der Waals surface area contributed by atoms with Crippen LogP contribution in [0.2, 0.25) is 0 Å². The number of aryl methyl sites for hydroxylation is 1. The standard InChI is InChI=1S/C19H24N4O/c1-13(2)12-23-15(4)18(14(3)22-23)9-19(24)21-11-17-7-5-6-16(8-17)10-20/h5-8,13H,9,11-12H2,1-4H3,(H,21,24). The average Bonchev–Trinajstić information content (AvgIpc) is 2.80. The first-order valence-electron chi connectivity index (χ1n) is 8.19. The molecule has 0 radical (unpaired) electrons. The van der Waals surface area contributed by atoms with Crippen LogP contribution in [0, 0.1) is 31.1 Å². The molecule has 1 amide bonds. The number of rotatable bonds is 6. The van der Waals surface area contributed by atoms with Gasteiger partial charge in [0.25, 0.3) is 0 Å². The van der Waals surface area contributed by atoms with Crippen molar-refractivity contribution in [3.63, 3.8) is 0 Å². The molecule has 0 saturated carbocycles. The van der Waals surface area contributed by atoms with Crippen LogP contribution in [0.5, 0.6) is 0 Å². The summed E-state index contributed by atoms with van der Waals surface area (Å²) in [6.45, 7) is 9.54. The predicted molar refractivity (Wildman–Crippen MR) is 93.2 cm³/mol. The number of nitriles is 1. The van der Waals surface area contributed by atoms with Crippen LogP contribution >= 0.6 is 0 Å². The van der Waals surface area contributed by atoms with Crippen molar-refractivity contribution >= 4 is 5.91 Å². The Hall–Kier alpha value is -2.61. The van der Waals surface area contributed by atoms with Crippen molar-refractivity contribution in [1.82, 2.24) is 15.1 Å². The van der Waals surface area contributed by atoms with Crippen molar-refractivity contribution in [2.75, 3.05) is 0 Å². The zero-order valence-corrected chi connectivity index (χ0v) is 14.8. The van der Waals surface area contributed by atoms with Crippen molar-refractivity contribution in [2.45, 2.75) is 47.2 Å². The third-order valence-corrected chi connectivity index (χ3v) is 3.95. The van der Waals surface area contributed by atoms with Crippen LogP contribution < -0.4 is 5.32 Å². The van der Waals surface area contributed by atoms with E-state index in [0.29, 0.717) is 24.4 Å². The highest BCUT2D eigenvalue weighted by molar-refractivity contribution is 5.79. The van der Waals surface area contributed by atoms with Gasteiger partial charge in [0.2, 0.25) is 5.91 Å². The first-order chi connectivity index (χ1) is 11.4. The van der Waals surface area contributed by atoms with E-state index in [1.807, 2.05) is 30.7 Å². The zero-order valence-electron chi connectivity index (χ0n) is 14.8. The molecule has 0 atom stereocenters. The largest absolute Gasteiger partial charge is 0.352 e. The van der Waals surface area contributed by atoms with E-state index < -0.39 is 0 Å². The number of carbonyl (C=O) groups excluding carboxylic acids is 1. The van der Waals surface area contributed by atoms with Crippen LogP contribution in [0.4, 0.5) is 0 Å². The summed E-state index contributed by atoms with van der Waals surface area (Å²) in [4.78, 5) is 12.3. The minimum absolute atomic E-state index is 0.0346. The molecule has 0 unspecified atom stereocenters. The fourth-order valence-corrected chi connectivity index (χ4v) is 2.69. The molecule has 1 aromatic heterocycles. The summed E-state index contributed by atoms with van der Waals surface area (Å²) in [6.07, 6.45) is 0.327. The third-order valence-electron chi connectivity index (χ3n) is 3.95. The smallest absolute Gasteiger partial charge is 0.224 e. The van der Waals surface area contributed by atoms with Crippen LogP contribution in [-0.4, -0.2) is 15.7 Å². The van der Waals surface area contributed by atoms with Gasteiger partial charge in [-0.15, -0.1) is 0 Å². The van der Waals surface area contributed by atoms with Gasteiger partial charge in [0.15, 0.2) is 0 Å². The number of nitrogens with one attached hydrogen (secondary N) is 1. The fraction of sp³-hybridized carbons (Fsp3) is 0.421. The Morgan fingerprint density at radius 2 is 2.12 bits per heavy atom. The van der Waals surface area contributed by atoms with E-state index in [0.717, 1.165) is 29.1 Å². The van der Waals surface area contributed by atoms with Crippen molar-refractivity contribution in [1.29, 1.82) is 5.26 Å². The molecule has 5 nitrogen and oxygen atoms in total. The minimum Gasteiger partial charge on any atom is -0.352 e. The maximum atomic E-state index is 12.3. The highest BCUT2D eigenvalue weighted by Crippen LogP contribution is 2.15. The van der Waals surface area contributed by atoms with E-state index in [1.54, 1.807) is 12.1 Å². The van der Waals surface area contributed by atoms with E-state index in [4.69, 9.17) is 5.26 Å². The van der Waals surface area contributed by atoms with Crippen LogP contribution in [0.25, 0.3) is 0 Å². The highest BCUT2D eigenvalue weighted by Gasteiger charge is 2.15. The summed E-state index contributed by atoms with van der Waals surface area (Å²) in [5.74, 6) is 0.477. The number of nitrogens with zero attached hydrogens (tertiary/aromatic N) is 3. The highest BCUT2D eigenvalue weighted by atomic mass is 16.1. The lowest BCUT2D eigenvalue weighted by Gasteiger charge is -2.08. The molecule has 0 spiro atoms. The third kappa shape index (κ3) is 4.45. The minimum atomic E-state index is -0.0346. The summed E-state index contributed by atoms with van der Waals surface area (Å²) in [5.41, 5.74) is 4.49. The molecule has 2 aromatic rings. The molecule has 126 valence electrons. The fourth-order valence-electron chi connectivity index (χ4n) is 2.69. The van der Waals surface area contributed by atoms with E-state index in [9.17, 15) is 4.79 Å². The number of hydrogen-bond donors (Lipinski definition) is 1. The summed E-state index contributed by atoms with van der Waals surface area (Å²) >= 11 is 0. The molecular weight excluding hydrogens is 300 g/mol. The van der Waals surface area contributed by atoms with E-state index in [2.05, 4.69) is 30.3 Å². The maximum Gasteiger partial charge on any atom is 0.224 e. The molecule has 24 heavy (non-hydrogen) atoms. The number of benzene rings is 1. The Labute approximate surface area is 143 Å². The SMILES string of the molecule is Cc1nn(CC(C)C)c(C)c1CC(=O)NCc1cccc(C#N)c1. The van der Waals surface area contributed by atoms with Gasteiger partial charge >= 0.3 is 0 Å². The topological polar surface area (TPSA) is 70.7 Å². The summed E-state index contributed by atoms with van der Waals surface area (Å²) in [7, 11) is 0. The van der Waals surface area contributed by atoms with Gasteiger partial charge in [0, 0.05) is 24.3 Å². The van der Waals surface area contributed by atoms with Crippen molar-refractivity contribution in [3.05, 3.63) is 52.3 Å². The quantitative estimate of drug-likeness (QED) is 0.888. The molecule has 2 rings (SSSR count). The summed E-state index contributed by atoms with van der Waals surface area (Å²) in [5, 5.41) is 16.4. The first kappa shape index (κ1) is 17.7. The second kappa shape index (κ2) is 7.78. The van der Waals surface area contributed by atoms with E-state index in [1.165, 1.54) is 0 Å². The molecule has 0 aliphatic heterocycles. The van der Waals surface area contributed by atoms with Crippen LogP contribution in [-0.2, 0) is 24.3 Å². The van der Waals surface area contributed by atoms with Gasteiger partial charge in [0.1, 0.15) is 0 Å². The molecule has 1 aromatic carbocycles. The lowest BCUT2D eigenvalue weighted by molar-refractivity contribution is -0.120. The molecule has 1 N–H and O–H groups in total. The molecular formula is C19H24N4O. The van der Waals surface area contributed by atoms with Crippen molar-refractivity contribution in [2.24, 2.45) is 5.92 Å². The molecule has 1 heterocycles. The summed E-state index contributed by atoms with van der Waals surface area (Å²) in [6, 6.07) is 9.37. The van der Waals surface area contributed by atoms with Gasteiger partial charge in [0.05, 0.1) is 23.7 Å². The second-order valence-electron chi connectivity index (χ2n) is 6.49. The van der Waals surface area contributed by atoms with Crippen molar-refractivity contribution in [3.8, 4) is 6.07 Å². The van der Waals surface area contributed by atoms with E-state index in [-0.39, 0.29) is 5.91 Å². The molecule has 0 aliphatic carbocycles. The Kier molecular flexibility index (Phi) is 5.75. The number of hydrogen-bond acceptors (Lipinski definition) is 3. The van der Waals surface area contributed by atoms with Crippen LogP contribution in [0.1, 0.15) is 41.9 Å². The lowest BCUT2D eigenvalue weighted by Crippen LogP contribution is -2.25. The number of aromatic nitrogens is 2. The van der Waals surface area contributed by atoms with Crippen LogP contribution in [0.15, 0.2) is 24.3 Å². The maximum absolute atomic E-state index is 12.3. The zero-order chi connectivity index (χ0) is 17.7. The summed E-state index contributed by atoms with van der Waals surface area (Å²) < 4.78 is 1.99. The van der Waals surface area contributed by atoms with E-state index >= 15 is 0 Å². The molecule has 0 aliphatic rings. The average molecular weight is 324 g/mol. The predicted octanol–water partition coefficient (Wildman–Crippen LogP) is 2.89. The Morgan fingerprint density at radius 1 is 1.38 bits per heavy atom. The second-order valence-corrected chi connectivity index (χ2v) is 6.49. The van der Waals surface area contributed by atoms with Crippen LogP contribution in [0.3, 0.4) is 0 Å². The van der Waals surface area contributed by atoms with Crippen molar-refractivity contribution < 1.29 is 4.79 Å². The van der Waals surface area contributed by atoms with Gasteiger partial charge in [-0.25, -0.2) is 0 Å². The normalized spacial score (nSPS) is 10.7. The number of amides is 1. The molecule has 0 fully saturated rings. The lowest BCUT2D eigenvalue weighted by atomic mass is 10.1. The number of carbonyl (C=O) groups is 1. The monoisotopic (exact) mass is 324 g/mol. The van der Waals surface area contributed by atoms with Gasteiger partial charge in [-0.3, -0.25) is 9.48 Å².